The van der Waals surface area contributed by atoms with E-state index in [-0.39, 0.29) is 0 Å². The van der Waals surface area contributed by atoms with Gasteiger partial charge < -0.3 is 4.74 Å². The molecule has 0 N–H and O–H groups in total. The van der Waals surface area contributed by atoms with Crippen molar-refractivity contribution < 1.29 is 4.74 Å². The van der Waals surface area contributed by atoms with Crippen molar-refractivity contribution in [2.45, 2.75) is 26.4 Å². The maximum atomic E-state index is 5.53. The van der Waals surface area contributed by atoms with Crippen molar-refractivity contribution in [2.24, 2.45) is 5.92 Å². The molecule has 0 aliphatic heterocycles. The Morgan fingerprint density at radius 3 is 2.23 bits per heavy atom. The number of hydrogen-bond donors (Lipinski definition) is 0. The van der Waals surface area contributed by atoms with Crippen LogP contribution in [0.2, 0.25) is 0 Å². The quantitative estimate of drug-likeness (QED) is 0.592. The fraction of sp³-hybridized carbons (Fsp3) is 0.500. The zero-order valence-electron chi connectivity index (χ0n) is 8.81. The first-order valence-electron chi connectivity index (χ1n) is 4.65. The Balaban J connectivity index is 0.000000671. The van der Waals surface area contributed by atoms with Gasteiger partial charge in [-0.25, -0.2) is 0 Å². The van der Waals surface area contributed by atoms with Crippen molar-refractivity contribution in [2.75, 3.05) is 6.61 Å². The van der Waals surface area contributed by atoms with Crippen LogP contribution in [0.25, 0.3) is 0 Å². The van der Waals surface area contributed by atoms with Gasteiger partial charge in [-0.15, -0.1) is 13.2 Å². The molecule has 0 spiro atoms. The van der Waals surface area contributed by atoms with Crippen LogP contribution in [0.1, 0.15) is 20.3 Å². The normalized spacial score (nSPS) is 26.9. The molecule has 1 aliphatic carbocycles. The molecule has 0 aromatic rings. The minimum Gasteiger partial charge on any atom is -0.378 e. The van der Waals surface area contributed by atoms with Gasteiger partial charge in [-0.2, -0.15) is 0 Å². The fourth-order valence-corrected chi connectivity index (χ4v) is 1.51. The van der Waals surface area contributed by atoms with E-state index in [1.54, 1.807) is 0 Å². The lowest BCUT2D eigenvalue weighted by Crippen LogP contribution is -2.15. The van der Waals surface area contributed by atoms with Gasteiger partial charge in [-0.3, -0.25) is 0 Å². The highest BCUT2D eigenvalue weighted by Gasteiger charge is 2.29. The average Bonchev–Trinajstić information content (AvgIpc) is 2.38. The Morgan fingerprint density at radius 2 is 1.92 bits per heavy atom. The van der Waals surface area contributed by atoms with Crippen LogP contribution >= 0.6 is 0 Å². The van der Waals surface area contributed by atoms with Crippen LogP contribution in [0.4, 0.5) is 0 Å². The molecule has 0 aromatic carbocycles. The van der Waals surface area contributed by atoms with E-state index in [9.17, 15) is 0 Å². The molecule has 1 saturated carbocycles. The summed E-state index contributed by atoms with van der Waals surface area (Å²) in [6.45, 7) is 18.9. The predicted molar refractivity (Wildman–Crippen MR) is 58.7 cm³/mol. The molecule has 1 aliphatic rings. The van der Waals surface area contributed by atoms with Gasteiger partial charge in [0.25, 0.3) is 0 Å². The molecule has 0 bridgehead atoms. The van der Waals surface area contributed by atoms with Gasteiger partial charge in [0.05, 0.1) is 6.10 Å². The summed E-state index contributed by atoms with van der Waals surface area (Å²) in [6.07, 6.45) is 1.30. The monoisotopic (exact) mass is 180 g/mol. The molecule has 0 saturated heterocycles. The fourth-order valence-electron chi connectivity index (χ4n) is 1.51. The first kappa shape index (κ1) is 12.2. The molecule has 1 heteroatoms. The third kappa shape index (κ3) is 2.85. The van der Waals surface area contributed by atoms with Crippen LogP contribution in [0, 0.1) is 5.92 Å². The first-order valence-corrected chi connectivity index (χ1v) is 4.65. The number of rotatable bonds is 2. The molecule has 13 heavy (non-hydrogen) atoms. The van der Waals surface area contributed by atoms with Gasteiger partial charge in [0.1, 0.15) is 0 Å². The highest BCUT2D eigenvalue weighted by molar-refractivity contribution is 5.34. The predicted octanol–water partition coefficient (Wildman–Crippen LogP) is 3.35. The summed E-state index contributed by atoms with van der Waals surface area (Å²) < 4.78 is 5.53. The summed E-state index contributed by atoms with van der Waals surface area (Å²) in [4.78, 5) is 0. The van der Waals surface area contributed by atoms with Crippen LogP contribution in [0.3, 0.4) is 0 Å². The Bertz CT molecular complexity index is 193. The van der Waals surface area contributed by atoms with E-state index in [4.69, 9.17) is 4.74 Å². The summed E-state index contributed by atoms with van der Waals surface area (Å²) in [5.41, 5.74) is 2.33. The Kier molecular flexibility index (Phi) is 5.40. The highest BCUT2D eigenvalue weighted by atomic mass is 16.5. The summed E-state index contributed by atoms with van der Waals surface area (Å²) in [5.74, 6) is 0.461. The third-order valence-electron chi connectivity index (χ3n) is 2.39. The lowest BCUT2D eigenvalue weighted by molar-refractivity contribution is 0.0483. The van der Waals surface area contributed by atoms with E-state index in [0.717, 1.165) is 18.6 Å². The van der Waals surface area contributed by atoms with E-state index in [0.29, 0.717) is 12.0 Å². The molecule has 2 unspecified atom stereocenters. The van der Waals surface area contributed by atoms with Crippen LogP contribution in [0.15, 0.2) is 37.5 Å². The van der Waals surface area contributed by atoms with Gasteiger partial charge in [-0.1, -0.05) is 20.1 Å². The standard InChI is InChI=1S/C10H16O.C2H4/c1-5-11-10-6-7(2)8(3)9(10)4;1-2/h9-10H,2-3,5-6H2,1,4H3;1-2H2. The zero-order chi connectivity index (χ0) is 10.4. The molecule has 0 amide bonds. The van der Waals surface area contributed by atoms with E-state index in [1.165, 1.54) is 5.57 Å². The van der Waals surface area contributed by atoms with Gasteiger partial charge in [-0.05, 0) is 24.5 Å². The molecule has 0 aromatic heterocycles. The second-order valence-electron chi connectivity index (χ2n) is 3.12. The van der Waals surface area contributed by atoms with Crippen molar-refractivity contribution in [3.05, 3.63) is 37.5 Å². The Morgan fingerprint density at radius 1 is 1.38 bits per heavy atom. The molecule has 1 rings (SSSR count). The van der Waals surface area contributed by atoms with E-state index in [2.05, 4.69) is 33.2 Å². The first-order chi connectivity index (χ1) is 6.16. The lowest BCUT2D eigenvalue weighted by atomic mass is 10.0. The molecule has 1 nitrogen and oxygen atoms in total. The molecule has 2 atom stereocenters. The Labute approximate surface area is 81.8 Å². The molecular formula is C12H20O. The van der Waals surface area contributed by atoms with Crippen molar-refractivity contribution in [3.8, 4) is 0 Å². The second-order valence-corrected chi connectivity index (χ2v) is 3.12. The summed E-state index contributed by atoms with van der Waals surface area (Å²) in [6, 6.07) is 0. The van der Waals surface area contributed by atoms with Gasteiger partial charge >= 0.3 is 0 Å². The minimum atomic E-state index is 0.333. The molecular weight excluding hydrogens is 160 g/mol. The maximum Gasteiger partial charge on any atom is 0.0680 e. The van der Waals surface area contributed by atoms with Crippen LogP contribution in [-0.4, -0.2) is 12.7 Å². The SMILES string of the molecule is C=C.C=C1CC(OCC)C(C)C1=C. The Hall–Kier alpha value is -0.820. The topological polar surface area (TPSA) is 9.23 Å². The molecule has 74 valence electrons. The van der Waals surface area contributed by atoms with Gasteiger partial charge in [0.2, 0.25) is 0 Å². The average molecular weight is 180 g/mol. The van der Waals surface area contributed by atoms with Gasteiger partial charge in [0.15, 0.2) is 0 Å². The van der Waals surface area contributed by atoms with Gasteiger partial charge in [0, 0.05) is 12.5 Å². The molecule has 0 radical (unpaired) electrons. The third-order valence-corrected chi connectivity index (χ3v) is 2.39. The summed E-state index contributed by atoms with van der Waals surface area (Å²) in [7, 11) is 0. The van der Waals surface area contributed by atoms with Crippen LogP contribution in [0.5, 0.6) is 0 Å². The van der Waals surface area contributed by atoms with E-state index in [1.807, 2.05) is 6.92 Å². The van der Waals surface area contributed by atoms with E-state index < -0.39 is 0 Å². The second kappa shape index (κ2) is 5.76. The molecule has 0 heterocycles. The highest BCUT2D eigenvalue weighted by Crippen LogP contribution is 2.35. The summed E-state index contributed by atoms with van der Waals surface area (Å²) in [5, 5.41) is 0. The molecule has 1 fully saturated rings. The van der Waals surface area contributed by atoms with Crippen molar-refractivity contribution in [3.63, 3.8) is 0 Å². The van der Waals surface area contributed by atoms with E-state index >= 15 is 0 Å². The zero-order valence-corrected chi connectivity index (χ0v) is 8.81. The number of hydrogen-bond acceptors (Lipinski definition) is 1. The van der Waals surface area contributed by atoms with Crippen molar-refractivity contribution in [1.29, 1.82) is 0 Å². The minimum absolute atomic E-state index is 0.333. The largest absolute Gasteiger partial charge is 0.378 e. The van der Waals surface area contributed by atoms with Crippen molar-refractivity contribution in [1.82, 2.24) is 0 Å². The summed E-state index contributed by atoms with van der Waals surface area (Å²) >= 11 is 0. The smallest absolute Gasteiger partial charge is 0.0680 e. The maximum absolute atomic E-state index is 5.53. The van der Waals surface area contributed by atoms with Crippen LogP contribution in [-0.2, 0) is 4.74 Å². The van der Waals surface area contributed by atoms with Crippen molar-refractivity contribution >= 4 is 0 Å². The lowest BCUT2D eigenvalue weighted by Gasteiger charge is -2.14. The number of ether oxygens (including phenoxy) is 1. The van der Waals surface area contributed by atoms with Crippen LogP contribution < -0.4 is 0 Å².